The summed E-state index contributed by atoms with van der Waals surface area (Å²) in [6.07, 6.45) is 0. The van der Waals surface area contributed by atoms with Crippen molar-refractivity contribution in [1.29, 1.82) is 0 Å². The molecule has 0 aromatic carbocycles. The zero-order valence-corrected chi connectivity index (χ0v) is 8.00. The van der Waals surface area contributed by atoms with Gasteiger partial charge in [-0.25, -0.2) is 0 Å². The van der Waals surface area contributed by atoms with Crippen molar-refractivity contribution >= 4 is 16.8 Å². The van der Waals surface area contributed by atoms with E-state index in [1.807, 2.05) is 0 Å². The number of nitrogens with two attached hydrogens (primary N) is 4. The molecule has 8 nitrogen and oxygen atoms in total. The Hall–Kier alpha value is -1.41. The van der Waals surface area contributed by atoms with Gasteiger partial charge in [0.1, 0.15) is 0 Å². The number of amides is 4. The van der Waals surface area contributed by atoms with Crippen LogP contribution in [0, 0.1) is 0 Å². The third-order valence-electron chi connectivity index (χ3n) is 1.48. The number of hydrogen-bond acceptors (Lipinski definition) is 4. The van der Waals surface area contributed by atoms with Crippen molar-refractivity contribution in [1.82, 2.24) is 0 Å². The molecule has 9 heteroatoms. The van der Waals surface area contributed by atoms with Crippen molar-refractivity contribution in [2.24, 2.45) is 22.9 Å². The molecule has 13 heavy (non-hydrogen) atoms. The first kappa shape index (κ1) is 11.6. The Morgan fingerprint density at radius 1 is 0.615 bits per heavy atom. The molecule has 0 spiro atoms. The van der Waals surface area contributed by atoms with Crippen LogP contribution in [-0.2, 0) is 16.6 Å². The van der Waals surface area contributed by atoms with Gasteiger partial charge in [-0.3, -0.25) is 0 Å². The number of primary amides is 4. The molecule has 0 saturated heterocycles. The van der Waals surface area contributed by atoms with Crippen LogP contribution in [0.1, 0.15) is 0 Å². The SMILES string of the molecule is N[C](=O)[Ti]([C](N)=O)([C](N)=O)[C](N)=O. The quantitative estimate of drug-likeness (QED) is 0.423. The predicted octanol–water partition coefficient (Wildman–Crippen LogP) is -1.54. The zero-order chi connectivity index (χ0) is 10.8. The fourth-order valence-corrected chi connectivity index (χ4v) is 3.00. The van der Waals surface area contributed by atoms with Crippen LogP contribution in [-0.4, -0.2) is 16.8 Å². The molecule has 0 heterocycles. The second-order valence-electron chi connectivity index (χ2n) is 2.21. The molecular weight excluding hydrogens is 216 g/mol. The number of rotatable bonds is 4. The summed E-state index contributed by atoms with van der Waals surface area (Å²) in [5, 5.41) is 0. The molecule has 0 fully saturated rings. The van der Waals surface area contributed by atoms with Crippen LogP contribution in [0.2, 0.25) is 0 Å². The summed E-state index contributed by atoms with van der Waals surface area (Å²) < 4.78 is -5.58. The number of hydrogen-bond donors (Lipinski definition) is 4. The number of carbonyl (C=O) groups excluding carboxylic acids is 4. The summed E-state index contributed by atoms with van der Waals surface area (Å²) in [6.45, 7) is 0. The van der Waals surface area contributed by atoms with Crippen LogP contribution in [0.25, 0.3) is 0 Å². The van der Waals surface area contributed by atoms with Crippen LogP contribution in [0.15, 0.2) is 0 Å². The van der Waals surface area contributed by atoms with Gasteiger partial charge in [0.05, 0.1) is 0 Å². The van der Waals surface area contributed by atoms with E-state index >= 15 is 0 Å². The van der Waals surface area contributed by atoms with Crippen LogP contribution < -0.4 is 22.9 Å². The fourth-order valence-electron chi connectivity index (χ4n) is 0.729. The van der Waals surface area contributed by atoms with Gasteiger partial charge < -0.3 is 0 Å². The topological polar surface area (TPSA) is 172 Å². The van der Waals surface area contributed by atoms with Gasteiger partial charge >= 0.3 is 75.5 Å². The summed E-state index contributed by atoms with van der Waals surface area (Å²) in [4.78, 5) is 43.0. The summed E-state index contributed by atoms with van der Waals surface area (Å²) >= 11 is -5.11. The van der Waals surface area contributed by atoms with Crippen molar-refractivity contribution in [2.45, 2.75) is 0 Å². The molecule has 0 rings (SSSR count). The Balaban J connectivity index is 5.60. The van der Waals surface area contributed by atoms with Crippen LogP contribution in [0.3, 0.4) is 0 Å². The van der Waals surface area contributed by atoms with E-state index in [4.69, 9.17) is 22.9 Å². The van der Waals surface area contributed by atoms with E-state index in [0.717, 1.165) is 0 Å². The average Bonchev–Trinajstić information content (AvgIpc) is 1.82. The molecule has 0 aromatic heterocycles. The second kappa shape index (κ2) is 3.54. The van der Waals surface area contributed by atoms with Gasteiger partial charge in [0, 0.05) is 0 Å². The average molecular weight is 224 g/mol. The van der Waals surface area contributed by atoms with Crippen LogP contribution in [0.4, 0.5) is 19.2 Å². The van der Waals surface area contributed by atoms with E-state index in [-0.39, 0.29) is 0 Å². The Bertz CT molecular complexity index is 239. The molecule has 8 N–H and O–H groups in total. The van der Waals surface area contributed by atoms with Crippen molar-refractivity contribution in [2.75, 3.05) is 0 Å². The molecule has 0 aliphatic heterocycles. The van der Waals surface area contributed by atoms with Crippen molar-refractivity contribution in [3.63, 3.8) is 0 Å². The molecule has 0 aromatic rings. The summed E-state index contributed by atoms with van der Waals surface area (Å²) in [6, 6.07) is 0. The standard InChI is InChI=1S/4CH2NO.Ti/c4*2-1-3;/h4*(H2,2,3);. The van der Waals surface area contributed by atoms with Crippen LogP contribution >= 0.6 is 0 Å². The molecule has 72 valence electrons. The molecule has 0 saturated carbocycles. The maximum absolute atomic E-state index is 10.7. The molecule has 4 amide bonds. The van der Waals surface area contributed by atoms with E-state index in [0.29, 0.717) is 0 Å². The normalized spacial score (nSPS) is 10.5. The minimum absolute atomic E-state index is 1.40. The number of carbonyl (C=O) groups is 4. The van der Waals surface area contributed by atoms with Crippen molar-refractivity contribution in [3.05, 3.63) is 0 Å². The first-order valence-corrected chi connectivity index (χ1v) is 6.09. The van der Waals surface area contributed by atoms with E-state index < -0.39 is 33.4 Å². The third kappa shape index (κ3) is 1.53. The summed E-state index contributed by atoms with van der Waals surface area (Å²) in [5.41, 5.74) is 18.9. The van der Waals surface area contributed by atoms with Gasteiger partial charge in [0.25, 0.3) is 0 Å². The van der Waals surface area contributed by atoms with Crippen molar-refractivity contribution < 1.29 is 35.8 Å². The van der Waals surface area contributed by atoms with E-state index in [9.17, 15) is 19.2 Å². The monoisotopic (exact) mass is 224 g/mol. The maximum atomic E-state index is 10.7. The third-order valence-corrected chi connectivity index (χ3v) is 6.10. The van der Waals surface area contributed by atoms with Crippen molar-refractivity contribution in [3.8, 4) is 0 Å². The Morgan fingerprint density at radius 3 is 0.769 bits per heavy atom. The summed E-state index contributed by atoms with van der Waals surface area (Å²) in [5.74, 6) is 0. The van der Waals surface area contributed by atoms with E-state index in [2.05, 4.69) is 0 Å². The molecule has 0 aliphatic rings. The molecule has 0 bridgehead atoms. The van der Waals surface area contributed by atoms with Gasteiger partial charge in [-0.05, 0) is 0 Å². The van der Waals surface area contributed by atoms with Gasteiger partial charge in [-0.15, -0.1) is 0 Å². The van der Waals surface area contributed by atoms with Crippen LogP contribution in [0.5, 0.6) is 0 Å². The summed E-state index contributed by atoms with van der Waals surface area (Å²) in [7, 11) is 0. The Labute approximate surface area is 75.9 Å². The van der Waals surface area contributed by atoms with Gasteiger partial charge in [-0.2, -0.15) is 0 Å². The van der Waals surface area contributed by atoms with E-state index in [1.165, 1.54) is 0 Å². The van der Waals surface area contributed by atoms with Gasteiger partial charge in [0.2, 0.25) is 0 Å². The predicted molar refractivity (Wildman–Crippen MR) is 38.3 cm³/mol. The van der Waals surface area contributed by atoms with Gasteiger partial charge in [-0.1, -0.05) is 0 Å². The molecule has 0 unspecified atom stereocenters. The second-order valence-corrected chi connectivity index (χ2v) is 7.63. The molecule has 0 aliphatic carbocycles. The minimum atomic E-state index is -5.11. The fraction of sp³-hybridized carbons (Fsp3) is 0. The Kier molecular flexibility index (Phi) is 3.16. The zero-order valence-electron chi connectivity index (χ0n) is 6.44. The Morgan fingerprint density at radius 2 is 0.769 bits per heavy atom. The molecule has 0 radical (unpaired) electrons. The van der Waals surface area contributed by atoms with Gasteiger partial charge in [0.15, 0.2) is 0 Å². The first-order chi connectivity index (χ1) is 5.77. The molecular formula is C4H8N4O4Ti. The van der Waals surface area contributed by atoms with E-state index in [1.54, 1.807) is 0 Å². The molecule has 0 atom stereocenters. The first-order valence-electron chi connectivity index (χ1n) is 2.97.